The molecule has 0 aromatic carbocycles. The molecule has 0 aromatic rings. The highest BCUT2D eigenvalue weighted by Crippen LogP contribution is 2.68. The summed E-state index contributed by atoms with van der Waals surface area (Å²) in [6, 6.07) is 0. The van der Waals surface area contributed by atoms with Crippen molar-refractivity contribution in [3.63, 3.8) is 0 Å². The molecule has 0 bridgehead atoms. The summed E-state index contributed by atoms with van der Waals surface area (Å²) in [5, 5.41) is 10.2. The van der Waals surface area contributed by atoms with Gasteiger partial charge in [0.15, 0.2) is 0 Å². The highest BCUT2D eigenvalue weighted by Gasteiger charge is 2.62. The molecule has 9 atom stereocenters. The molecule has 0 heterocycles. The van der Waals surface area contributed by atoms with Crippen LogP contribution in [0.5, 0.6) is 0 Å². The molecule has 4 rings (SSSR count). The maximum Gasteiger partial charge on any atom is 0.133 e. The number of carbonyl (C=O) groups is 1. The van der Waals surface area contributed by atoms with Crippen molar-refractivity contribution in [3.05, 3.63) is 11.6 Å². The number of rotatable bonds is 1. The van der Waals surface area contributed by atoms with Crippen molar-refractivity contribution < 1.29 is 9.90 Å². The summed E-state index contributed by atoms with van der Waals surface area (Å²) in [5.74, 6) is 4.04. The van der Waals surface area contributed by atoms with Crippen LogP contribution in [0.1, 0.15) is 73.1 Å². The molecule has 0 saturated heterocycles. The van der Waals surface area contributed by atoms with Gasteiger partial charge in [-0.2, -0.15) is 0 Å². The number of ketones is 1. The Labute approximate surface area is 153 Å². The minimum Gasteiger partial charge on any atom is -0.389 e. The zero-order valence-electron chi connectivity index (χ0n) is 16.7. The standard InChI is InChI=1S/C23H36O2/c1-13-10-17-18(22(4)8-6-16(25)12-19(13)22)7-9-23(5)20(17)11-14(2)21(23)15(3)24/h12-14,16-18,20-21,25H,6-11H2,1-5H3/t13-,14+,16-,17+,18+,20+,21+,22+,23-/m0/s1. The molecular formula is C23H36O2. The Bertz CT molecular complexity index is 607. The number of hydrogen-bond donors (Lipinski definition) is 1. The van der Waals surface area contributed by atoms with Gasteiger partial charge >= 0.3 is 0 Å². The molecular weight excluding hydrogens is 308 g/mol. The summed E-state index contributed by atoms with van der Waals surface area (Å²) in [5.41, 5.74) is 2.04. The molecule has 0 unspecified atom stereocenters. The second-order valence-corrected chi connectivity index (χ2v) is 10.5. The third-order valence-corrected chi connectivity index (χ3v) is 9.18. The summed E-state index contributed by atoms with van der Waals surface area (Å²) < 4.78 is 0. The van der Waals surface area contributed by atoms with Gasteiger partial charge in [-0.1, -0.05) is 39.3 Å². The van der Waals surface area contributed by atoms with Crippen LogP contribution in [0.4, 0.5) is 0 Å². The van der Waals surface area contributed by atoms with Crippen molar-refractivity contribution in [2.24, 2.45) is 46.3 Å². The molecule has 1 N–H and O–H groups in total. The summed E-state index contributed by atoms with van der Waals surface area (Å²) in [4.78, 5) is 12.4. The smallest absolute Gasteiger partial charge is 0.133 e. The Hall–Kier alpha value is -0.630. The van der Waals surface area contributed by atoms with Crippen molar-refractivity contribution in [2.45, 2.75) is 79.2 Å². The lowest BCUT2D eigenvalue weighted by Crippen LogP contribution is -2.53. The highest BCUT2D eigenvalue weighted by atomic mass is 16.3. The minimum atomic E-state index is -0.232. The first-order valence-electron chi connectivity index (χ1n) is 10.6. The molecule has 0 aliphatic heterocycles. The van der Waals surface area contributed by atoms with Crippen LogP contribution in [0.25, 0.3) is 0 Å². The molecule has 4 aliphatic carbocycles. The van der Waals surface area contributed by atoms with E-state index in [0.29, 0.717) is 23.5 Å². The predicted molar refractivity (Wildman–Crippen MR) is 101 cm³/mol. The van der Waals surface area contributed by atoms with Gasteiger partial charge in [0, 0.05) is 5.92 Å². The second kappa shape index (κ2) is 5.68. The molecule has 140 valence electrons. The Balaban J connectivity index is 1.72. The van der Waals surface area contributed by atoms with Crippen LogP contribution in [0.3, 0.4) is 0 Å². The largest absolute Gasteiger partial charge is 0.389 e. The topological polar surface area (TPSA) is 37.3 Å². The van der Waals surface area contributed by atoms with E-state index in [4.69, 9.17) is 0 Å². The van der Waals surface area contributed by atoms with Crippen molar-refractivity contribution in [1.82, 2.24) is 0 Å². The zero-order chi connectivity index (χ0) is 18.1. The van der Waals surface area contributed by atoms with E-state index >= 15 is 0 Å². The molecule has 4 aliphatic rings. The molecule has 2 heteroatoms. The number of Topliss-reactive ketones (excluding diaryl/α,β-unsaturated/α-hetero) is 1. The van der Waals surface area contributed by atoms with Gasteiger partial charge in [0.05, 0.1) is 6.10 Å². The van der Waals surface area contributed by atoms with Crippen LogP contribution in [-0.2, 0) is 4.79 Å². The lowest BCUT2D eigenvalue weighted by atomic mass is 9.45. The van der Waals surface area contributed by atoms with E-state index in [2.05, 4.69) is 33.8 Å². The first kappa shape index (κ1) is 17.8. The monoisotopic (exact) mass is 344 g/mol. The summed E-state index contributed by atoms with van der Waals surface area (Å²) >= 11 is 0. The Kier molecular flexibility index (Phi) is 4.04. The number of carbonyl (C=O) groups excluding carboxylic acids is 1. The maximum absolute atomic E-state index is 12.4. The third kappa shape index (κ3) is 2.35. The van der Waals surface area contributed by atoms with Crippen LogP contribution >= 0.6 is 0 Å². The summed E-state index contributed by atoms with van der Waals surface area (Å²) in [6.45, 7) is 11.5. The molecule has 2 nitrogen and oxygen atoms in total. The van der Waals surface area contributed by atoms with Crippen molar-refractivity contribution in [2.75, 3.05) is 0 Å². The number of fused-ring (bicyclic) bond motifs is 5. The Morgan fingerprint density at radius 1 is 1.12 bits per heavy atom. The number of aliphatic hydroxyl groups is 1. The molecule has 0 spiro atoms. The van der Waals surface area contributed by atoms with Gasteiger partial charge < -0.3 is 5.11 Å². The van der Waals surface area contributed by atoms with Crippen molar-refractivity contribution in [1.29, 1.82) is 0 Å². The average molecular weight is 345 g/mol. The van der Waals surface area contributed by atoms with Gasteiger partial charge in [-0.05, 0) is 85.9 Å². The molecule has 0 aromatic heterocycles. The second-order valence-electron chi connectivity index (χ2n) is 10.5. The Morgan fingerprint density at radius 3 is 2.52 bits per heavy atom. The van der Waals surface area contributed by atoms with E-state index in [1.54, 1.807) is 5.57 Å². The lowest BCUT2D eigenvalue weighted by Gasteiger charge is -2.60. The summed E-state index contributed by atoms with van der Waals surface area (Å²) in [7, 11) is 0. The Morgan fingerprint density at radius 2 is 1.84 bits per heavy atom. The van der Waals surface area contributed by atoms with Gasteiger partial charge in [0.1, 0.15) is 5.78 Å². The third-order valence-electron chi connectivity index (χ3n) is 9.18. The lowest BCUT2D eigenvalue weighted by molar-refractivity contribution is -0.129. The fourth-order valence-electron chi connectivity index (χ4n) is 8.37. The first-order chi connectivity index (χ1) is 11.7. The summed E-state index contributed by atoms with van der Waals surface area (Å²) in [6.07, 6.45) is 9.02. The fraction of sp³-hybridized carbons (Fsp3) is 0.870. The SMILES string of the molecule is CC(=O)[C@H]1[C@H](C)C[C@@H]2[C@@H]3C[C@H](C)C4=C[C@@H](O)CC[C@]4(C)[C@@H]3CC[C@@]21C. The van der Waals surface area contributed by atoms with E-state index in [0.717, 1.165) is 24.7 Å². The van der Waals surface area contributed by atoms with Crippen LogP contribution in [0.2, 0.25) is 0 Å². The number of aliphatic hydroxyl groups excluding tert-OH is 1. The van der Waals surface area contributed by atoms with Crippen LogP contribution in [0, 0.1) is 46.3 Å². The van der Waals surface area contributed by atoms with Crippen LogP contribution in [-0.4, -0.2) is 17.0 Å². The molecule has 0 radical (unpaired) electrons. The van der Waals surface area contributed by atoms with Gasteiger partial charge in [-0.25, -0.2) is 0 Å². The average Bonchev–Trinajstić information content (AvgIpc) is 2.80. The number of hydrogen-bond acceptors (Lipinski definition) is 2. The van der Waals surface area contributed by atoms with E-state index < -0.39 is 0 Å². The van der Waals surface area contributed by atoms with Gasteiger partial charge in [0.2, 0.25) is 0 Å². The van der Waals surface area contributed by atoms with Crippen molar-refractivity contribution >= 4 is 5.78 Å². The van der Waals surface area contributed by atoms with Crippen molar-refractivity contribution in [3.8, 4) is 0 Å². The fourth-order valence-corrected chi connectivity index (χ4v) is 8.37. The zero-order valence-corrected chi connectivity index (χ0v) is 16.7. The number of allylic oxidation sites excluding steroid dienone is 1. The quantitative estimate of drug-likeness (QED) is 0.679. The van der Waals surface area contributed by atoms with Crippen LogP contribution < -0.4 is 0 Å². The molecule has 3 fully saturated rings. The van der Waals surface area contributed by atoms with Gasteiger partial charge in [0.25, 0.3) is 0 Å². The van der Waals surface area contributed by atoms with Gasteiger partial charge in [-0.15, -0.1) is 0 Å². The van der Waals surface area contributed by atoms with Gasteiger partial charge in [-0.3, -0.25) is 4.79 Å². The van der Waals surface area contributed by atoms with E-state index in [1.807, 2.05) is 6.92 Å². The maximum atomic E-state index is 12.4. The first-order valence-corrected chi connectivity index (χ1v) is 10.6. The van der Waals surface area contributed by atoms with E-state index in [-0.39, 0.29) is 22.9 Å². The molecule has 3 saturated carbocycles. The molecule has 25 heavy (non-hydrogen) atoms. The van der Waals surface area contributed by atoms with E-state index in [9.17, 15) is 9.90 Å². The predicted octanol–water partition coefficient (Wildman–Crippen LogP) is 5.01. The minimum absolute atomic E-state index is 0.220. The molecule has 0 amide bonds. The van der Waals surface area contributed by atoms with Crippen LogP contribution in [0.15, 0.2) is 11.6 Å². The normalized spacial score (nSPS) is 55.0. The highest BCUT2D eigenvalue weighted by molar-refractivity contribution is 5.80. The van der Waals surface area contributed by atoms with E-state index in [1.165, 1.54) is 25.7 Å².